The predicted molar refractivity (Wildman–Crippen MR) is 99.7 cm³/mol. The molecule has 1 aromatic carbocycles. The van der Waals surface area contributed by atoms with Gasteiger partial charge >= 0.3 is 0 Å². The quantitative estimate of drug-likeness (QED) is 0.896. The number of nitrogens with one attached hydrogen (secondary N) is 1. The fourth-order valence-electron chi connectivity index (χ4n) is 4.16. The summed E-state index contributed by atoms with van der Waals surface area (Å²) in [6.07, 6.45) is 2.48. The molecule has 3 fully saturated rings. The predicted octanol–water partition coefficient (Wildman–Crippen LogP) is 3.36. The second kappa shape index (κ2) is 6.22. The summed E-state index contributed by atoms with van der Waals surface area (Å²) < 4.78 is 0. The van der Waals surface area contributed by atoms with Crippen LogP contribution in [-0.4, -0.2) is 37.5 Å². The summed E-state index contributed by atoms with van der Waals surface area (Å²) in [5, 5.41) is 3.17. The maximum atomic E-state index is 12.0. The summed E-state index contributed by atoms with van der Waals surface area (Å²) >= 11 is 1.54. The van der Waals surface area contributed by atoms with Crippen LogP contribution in [0, 0.1) is 5.92 Å². The lowest BCUT2D eigenvalue weighted by Gasteiger charge is -2.45. The number of carbonyl (C=O) groups excluding carboxylic acids is 1. The van der Waals surface area contributed by atoms with E-state index in [9.17, 15) is 4.79 Å². The molecule has 3 N–H and O–H groups in total. The number of thiophene rings is 1. The number of amides is 1. The first-order chi connectivity index (χ1) is 11.7. The van der Waals surface area contributed by atoms with Gasteiger partial charge < -0.3 is 16.0 Å². The first-order valence-corrected chi connectivity index (χ1v) is 9.41. The highest BCUT2D eigenvalue weighted by atomic mass is 32.1. The molecule has 24 heavy (non-hydrogen) atoms. The Kier molecular flexibility index (Phi) is 4.06. The monoisotopic (exact) mass is 341 g/mol. The minimum atomic E-state index is -0.289. The summed E-state index contributed by atoms with van der Waals surface area (Å²) in [5.41, 5.74) is 9.10. The van der Waals surface area contributed by atoms with E-state index in [2.05, 4.69) is 28.4 Å². The standard InChI is InChI=1S/C19H23N3OS/c1-21-14-4-2-3-13(9-14)17-10-15(18(24-17)19(20)23)16-11-22-7-5-12(16)6-8-22/h2-4,9-10,12,16,21H,5-8,11H2,1H3,(H2,20,23). The number of nitrogens with zero attached hydrogens (tertiary/aromatic N) is 1. The van der Waals surface area contributed by atoms with Crippen molar-refractivity contribution < 1.29 is 4.79 Å². The van der Waals surface area contributed by atoms with Gasteiger partial charge in [-0.15, -0.1) is 11.3 Å². The lowest BCUT2D eigenvalue weighted by molar-refractivity contribution is 0.0859. The molecule has 3 aliphatic heterocycles. The zero-order chi connectivity index (χ0) is 16.7. The lowest BCUT2D eigenvalue weighted by atomic mass is 9.75. The van der Waals surface area contributed by atoms with Gasteiger partial charge in [-0.3, -0.25) is 4.79 Å². The summed E-state index contributed by atoms with van der Waals surface area (Å²) in [7, 11) is 1.92. The first-order valence-electron chi connectivity index (χ1n) is 8.60. The fraction of sp³-hybridized carbons (Fsp3) is 0.421. The SMILES string of the molecule is CNc1cccc(-c2cc(C3CN4CCC3CC4)c(C(N)=O)s2)c1. The number of rotatable bonds is 4. The molecule has 0 radical (unpaired) electrons. The Morgan fingerprint density at radius 1 is 1.29 bits per heavy atom. The smallest absolute Gasteiger partial charge is 0.259 e. The third-order valence-corrected chi connectivity index (χ3v) is 6.69. The Hall–Kier alpha value is -1.85. The largest absolute Gasteiger partial charge is 0.388 e. The van der Waals surface area contributed by atoms with E-state index in [-0.39, 0.29) is 5.91 Å². The third kappa shape index (κ3) is 2.72. The van der Waals surface area contributed by atoms with Crippen molar-refractivity contribution in [3.63, 3.8) is 0 Å². The van der Waals surface area contributed by atoms with Crippen LogP contribution in [0.4, 0.5) is 5.69 Å². The van der Waals surface area contributed by atoms with Crippen LogP contribution in [0.3, 0.4) is 0 Å². The molecule has 5 rings (SSSR count). The Balaban J connectivity index is 1.74. The van der Waals surface area contributed by atoms with Gasteiger partial charge in [-0.05, 0) is 61.2 Å². The molecule has 2 bridgehead atoms. The van der Waals surface area contributed by atoms with Gasteiger partial charge in [0.05, 0.1) is 4.88 Å². The van der Waals surface area contributed by atoms with E-state index < -0.39 is 0 Å². The highest BCUT2D eigenvalue weighted by Gasteiger charge is 2.37. The van der Waals surface area contributed by atoms with Crippen molar-refractivity contribution in [1.82, 2.24) is 4.90 Å². The molecule has 5 heteroatoms. The molecule has 4 heterocycles. The summed E-state index contributed by atoms with van der Waals surface area (Å²) in [4.78, 5) is 16.4. The lowest BCUT2D eigenvalue weighted by Crippen LogP contribution is -2.46. The zero-order valence-electron chi connectivity index (χ0n) is 13.9. The molecule has 3 aliphatic rings. The van der Waals surface area contributed by atoms with Gasteiger partial charge in [0, 0.05) is 30.1 Å². The van der Waals surface area contributed by atoms with E-state index in [0.717, 1.165) is 27.5 Å². The van der Waals surface area contributed by atoms with Gasteiger partial charge in [0.25, 0.3) is 5.91 Å². The molecule has 3 saturated heterocycles. The maximum absolute atomic E-state index is 12.0. The van der Waals surface area contributed by atoms with Gasteiger partial charge in [0.15, 0.2) is 0 Å². The van der Waals surface area contributed by atoms with E-state index in [1.807, 2.05) is 19.2 Å². The first kappa shape index (κ1) is 15.7. The molecule has 0 aliphatic carbocycles. The van der Waals surface area contributed by atoms with Crippen LogP contribution in [0.1, 0.15) is 34.0 Å². The van der Waals surface area contributed by atoms with Crippen LogP contribution >= 0.6 is 11.3 Å². The van der Waals surface area contributed by atoms with E-state index in [4.69, 9.17) is 5.73 Å². The van der Waals surface area contributed by atoms with Gasteiger partial charge in [-0.1, -0.05) is 12.1 Å². The second-order valence-corrected chi connectivity index (χ2v) is 7.89. The van der Waals surface area contributed by atoms with Crippen molar-refractivity contribution in [2.75, 3.05) is 32.0 Å². The number of hydrogen-bond donors (Lipinski definition) is 2. The topological polar surface area (TPSA) is 58.4 Å². The van der Waals surface area contributed by atoms with Crippen molar-refractivity contribution in [2.45, 2.75) is 18.8 Å². The van der Waals surface area contributed by atoms with Gasteiger partial charge in [0.1, 0.15) is 0 Å². The van der Waals surface area contributed by atoms with Crippen molar-refractivity contribution in [3.8, 4) is 10.4 Å². The van der Waals surface area contributed by atoms with Crippen LogP contribution < -0.4 is 11.1 Å². The van der Waals surface area contributed by atoms with E-state index in [1.165, 1.54) is 31.5 Å². The summed E-state index contributed by atoms with van der Waals surface area (Å²) in [6.45, 7) is 3.47. The second-order valence-electron chi connectivity index (χ2n) is 6.83. The van der Waals surface area contributed by atoms with Crippen molar-refractivity contribution in [2.24, 2.45) is 11.7 Å². The van der Waals surface area contributed by atoms with E-state index in [1.54, 1.807) is 11.3 Å². The fourth-order valence-corrected chi connectivity index (χ4v) is 5.24. The molecule has 0 saturated carbocycles. The number of hydrogen-bond acceptors (Lipinski definition) is 4. The van der Waals surface area contributed by atoms with Crippen LogP contribution in [0.5, 0.6) is 0 Å². The van der Waals surface area contributed by atoms with Crippen LogP contribution in [0.15, 0.2) is 30.3 Å². The number of carbonyl (C=O) groups is 1. The minimum absolute atomic E-state index is 0.289. The van der Waals surface area contributed by atoms with Crippen molar-refractivity contribution in [3.05, 3.63) is 40.8 Å². The normalized spacial score (nSPS) is 25.6. The van der Waals surface area contributed by atoms with E-state index in [0.29, 0.717) is 11.8 Å². The molecular weight excluding hydrogens is 318 g/mol. The van der Waals surface area contributed by atoms with Crippen LogP contribution in [0.2, 0.25) is 0 Å². The van der Waals surface area contributed by atoms with Crippen molar-refractivity contribution >= 4 is 22.9 Å². The van der Waals surface area contributed by atoms with Crippen LogP contribution in [-0.2, 0) is 0 Å². The van der Waals surface area contributed by atoms with Gasteiger partial charge in [-0.25, -0.2) is 0 Å². The Bertz CT molecular complexity index is 762. The highest BCUT2D eigenvalue weighted by molar-refractivity contribution is 7.17. The Morgan fingerprint density at radius 3 is 2.71 bits per heavy atom. The molecule has 1 aromatic heterocycles. The Morgan fingerprint density at radius 2 is 2.08 bits per heavy atom. The zero-order valence-corrected chi connectivity index (χ0v) is 14.7. The molecule has 126 valence electrons. The average Bonchev–Trinajstić information content (AvgIpc) is 3.08. The van der Waals surface area contributed by atoms with Gasteiger partial charge in [-0.2, -0.15) is 0 Å². The Labute approximate surface area is 146 Å². The number of primary amides is 1. The maximum Gasteiger partial charge on any atom is 0.259 e. The van der Waals surface area contributed by atoms with Gasteiger partial charge in [0.2, 0.25) is 0 Å². The number of fused-ring (bicyclic) bond motifs is 3. The van der Waals surface area contributed by atoms with Crippen molar-refractivity contribution in [1.29, 1.82) is 0 Å². The number of anilines is 1. The van der Waals surface area contributed by atoms with E-state index >= 15 is 0 Å². The highest BCUT2D eigenvalue weighted by Crippen LogP contribution is 2.44. The summed E-state index contributed by atoms with van der Waals surface area (Å²) in [5.74, 6) is 0.856. The molecule has 1 unspecified atom stereocenters. The van der Waals surface area contributed by atoms with Crippen LogP contribution in [0.25, 0.3) is 10.4 Å². The molecule has 4 nitrogen and oxygen atoms in total. The average molecular weight is 341 g/mol. The molecule has 0 spiro atoms. The number of nitrogens with two attached hydrogens (primary N) is 1. The number of benzene rings is 1. The minimum Gasteiger partial charge on any atom is -0.388 e. The number of piperidine rings is 3. The molecule has 1 atom stereocenters. The molecule has 1 amide bonds. The summed E-state index contributed by atoms with van der Waals surface area (Å²) in [6, 6.07) is 10.5. The molecular formula is C19H23N3OS. The third-order valence-electron chi connectivity index (χ3n) is 5.48. The molecule has 2 aromatic rings.